The third-order valence-corrected chi connectivity index (χ3v) is 4.22. The second kappa shape index (κ2) is 7.08. The number of aromatic amines is 1. The molecule has 1 fully saturated rings. The summed E-state index contributed by atoms with van der Waals surface area (Å²) in [4.78, 5) is 25.2. The van der Waals surface area contributed by atoms with Crippen LogP contribution in [0.4, 0.5) is 0 Å². The Morgan fingerprint density at radius 3 is 2.75 bits per heavy atom. The van der Waals surface area contributed by atoms with Gasteiger partial charge in [0.05, 0.1) is 18.3 Å². The van der Waals surface area contributed by atoms with Crippen molar-refractivity contribution in [3.63, 3.8) is 0 Å². The summed E-state index contributed by atoms with van der Waals surface area (Å²) in [5.74, 6) is -1.28. The molecule has 2 heterocycles. The standard InChI is InChI=1S/C17H18N4O3/c22-16(7-6-12-4-2-1-3-5-12)21-10-13(8-17(23)24)14(11-21)15-9-18-20-19-15/h1-7,9,13-14H,8,10-11H2,(H,23,24)(H,18,19,20)/t13-,14+/m0/s1. The Hall–Kier alpha value is -2.96. The molecular weight excluding hydrogens is 308 g/mol. The second-order valence-corrected chi connectivity index (χ2v) is 5.85. The summed E-state index contributed by atoms with van der Waals surface area (Å²) in [5, 5.41) is 19.5. The van der Waals surface area contributed by atoms with Crippen LogP contribution < -0.4 is 0 Å². The lowest BCUT2D eigenvalue weighted by Crippen LogP contribution is -2.27. The Balaban J connectivity index is 1.71. The molecule has 2 N–H and O–H groups in total. The van der Waals surface area contributed by atoms with Crippen LogP contribution in [0.5, 0.6) is 0 Å². The smallest absolute Gasteiger partial charge is 0.303 e. The molecule has 24 heavy (non-hydrogen) atoms. The summed E-state index contributed by atoms with van der Waals surface area (Å²) in [7, 11) is 0. The largest absolute Gasteiger partial charge is 0.481 e. The number of carboxylic acids is 1. The minimum Gasteiger partial charge on any atom is -0.481 e. The molecule has 0 spiro atoms. The van der Waals surface area contributed by atoms with E-state index >= 15 is 0 Å². The summed E-state index contributed by atoms with van der Waals surface area (Å²) >= 11 is 0. The van der Waals surface area contributed by atoms with Gasteiger partial charge in [-0.05, 0) is 17.6 Å². The average molecular weight is 326 g/mol. The predicted molar refractivity (Wildman–Crippen MR) is 86.9 cm³/mol. The number of hydrogen-bond donors (Lipinski definition) is 2. The van der Waals surface area contributed by atoms with E-state index in [1.54, 1.807) is 17.2 Å². The zero-order chi connectivity index (χ0) is 16.9. The van der Waals surface area contributed by atoms with Gasteiger partial charge in [-0.1, -0.05) is 30.3 Å². The van der Waals surface area contributed by atoms with Gasteiger partial charge in [0.1, 0.15) is 0 Å². The Kier molecular flexibility index (Phi) is 4.69. The minimum absolute atomic E-state index is 0.00368. The van der Waals surface area contributed by atoms with Gasteiger partial charge in [0.15, 0.2) is 0 Å². The van der Waals surface area contributed by atoms with Crippen LogP contribution in [0.15, 0.2) is 42.6 Å². The van der Waals surface area contributed by atoms with Crippen LogP contribution in [0.2, 0.25) is 0 Å². The summed E-state index contributed by atoms with van der Waals surface area (Å²) in [6.07, 6.45) is 4.88. The van der Waals surface area contributed by atoms with E-state index in [4.69, 9.17) is 5.11 Å². The van der Waals surface area contributed by atoms with E-state index in [1.807, 2.05) is 30.3 Å². The number of aromatic nitrogens is 3. The van der Waals surface area contributed by atoms with Crippen LogP contribution in [-0.2, 0) is 9.59 Å². The highest BCUT2D eigenvalue weighted by atomic mass is 16.4. The van der Waals surface area contributed by atoms with Crippen molar-refractivity contribution < 1.29 is 14.7 Å². The highest BCUT2D eigenvalue weighted by Crippen LogP contribution is 2.33. The molecule has 2 aromatic rings. The second-order valence-electron chi connectivity index (χ2n) is 5.85. The molecule has 1 aliphatic rings. The van der Waals surface area contributed by atoms with E-state index in [1.165, 1.54) is 6.08 Å². The van der Waals surface area contributed by atoms with Crippen LogP contribution in [0, 0.1) is 5.92 Å². The lowest BCUT2D eigenvalue weighted by molar-refractivity contribution is -0.138. The van der Waals surface area contributed by atoms with E-state index in [0.29, 0.717) is 18.8 Å². The topological polar surface area (TPSA) is 99.2 Å². The SMILES string of the molecule is O=C(O)C[C@H]1CN(C(=O)C=Cc2ccccc2)C[C@H]1c1cn[nH]n1. The molecule has 124 valence electrons. The number of nitrogens with zero attached hydrogens (tertiary/aromatic N) is 3. The van der Waals surface area contributed by atoms with Crippen molar-refractivity contribution in [2.24, 2.45) is 5.92 Å². The first-order valence-electron chi connectivity index (χ1n) is 7.73. The fourth-order valence-corrected chi connectivity index (χ4v) is 3.04. The maximum Gasteiger partial charge on any atom is 0.303 e. The molecule has 7 nitrogen and oxygen atoms in total. The number of likely N-dealkylation sites (tertiary alicyclic amines) is 1. The van der Waals surface area contributed by atoms with Gasteiger partial charge in [0, 0.05) is 25.1 Å². The normalized spacial score (nSPS) is 20.6. The van der Waals surface area contributed by atoms with Gasteiger partial charge in [0.25, 0.3) is 0 Å². The molecule has 1 saturated heterocycles. The molecular formula is C17H18N4O3. The first kappa shape index (κ1) is 15.9. The number of H-pyrrole nitrogens is 1. The number of rotatable bonds is 5. The fourth-order valence-electron chi connectivity index (χ4n) is 3.04. The van der Waals surface area contributed by atoms with Crippen molar-refractivity contribution in [2.75, 3.05) is 13.1 Å². The lowest BCUT2D eigenvalue weighted by atomic mass is 9.91. The maximum absolute atomic E-state index is 12.4. The molecule has 0 aliphatic carbocycles. The van der Waals surface area contributed by atoms with Crippen molar-refractivity contribution in [1.82, 2.24) is 20.3 Å². The van der Waals surface area contributed by atoms with Crippen molar-refractivity contribution in [2.45, 2.75) is 12.3 Å². The van der Waals surface area contributed by atoms with Crippen LogP contribution >= 0.6 is 0 Å². The Bertz CT molecular complexity index is 728. The number of carbonyl (C=O) groups is 2. The van der Waals surface area contributed by atoms with Gasteiger partial charge < -0.3 is 10.0 Å². The van der Waals surface area contributed by atoms with Gasteiger partial charge in [0.2, 0.25) is 5.91 Å². The molecule has 0 bridgehead atoms. The predicted octanol–water partition coefficient (Wildman–Crippen LogP) is 1.53. The van der Waals surface area contributed by atoms with E-state index in [2.05, 4.69) is 15.4 Å². The van der Waals surface area contributed by atoms with Gasteiger partial charge in [-0.25, -0.2) is 0 Å². The lowest BCUT2D eigenvalue weighted by Gasteiger charge is -2.13. The summed E-state index contributed by atoms with van der Waals surface area (Å²) in [6.45, 7) is 0.851. The molecule has 2 atom stereocenters. The zero-order valence-corrected chi connectivity index (χ0v) is 13.0. The molecule has 0 saturated carbocycles. The Morgan fingerprint density at radius 1 is 1.29 bits per heavy atom. The Morgan fingerprint density at radius 2 is 2.08 bits per heavy atom. The van der Waals surface area contributed by atoms with Gasteiger partial charge in [-0.3, -0.25) is 9.59 Å². The number of carbonyl (C=O) groups excluding carboxylic acids is 1. The molecule has 1 amide bonds. The van der Waals surface area contributed by atoms with Crippen molar-refractivity contribution in [1.29, 1.82) is 0 Å². The van der Waals surface area contributed by atoms with Crippen molar-refractivity contribution in [3.05, 3.63) is 53.9 Å². The Labute approximate surface area is 139 Å². The first-order valence-corrected chi connectivity index (χ1v) is 7.73. The highest BCUT2D eigenvalue weighted by Gasteiger charge is 2.38. The van der Waals surface area contributed by atoms with Crippen LogP contribution in [0.25, 0.3) is 6.08 Å². The summed E-state index contributed by atoms with van der Waals surface area (Å²) in [5.41, 5.74) is 1.64. The van der Waals surface area contributed by atoms with Crippen LogP contribution in [-0.4, -0.2) is 50.4 Å². The molecule has 3 rings (SSSR count). The maximum atomic E-state index is 12.4. The molecule has 1 aromatic carbocycles. The van der Waals surface area contributed by atoms with Crippen LogP contribution in [0.3, 0.4) is 0 Å². The molecule has 0 radical (unpaired) electrons. The van der Waals surface area contributed by atoms with E-state index in [-0.39, 0.29) is 24.2 Å². The number of carboxylic acid groups (broad SMARTS) is 1. The molecule has 7 heteroatoms. The fraction of sp³-hybridized carbons (Fsp3) is 0.294. The highest BCUT2D eigenvalue weighted by molar-refractivity contribution is 5.92. The number of amides is 1. The monoisotopic (exact) mass is 326 g/mol. The van der Waals surface area contributed by atoms with Gasteiger partial charge in [-0.15, -0.1) is 0 Å². The number of benzene rings is 1. The van der Waals surface area contributed by atoms with Crippen molar-refractivity contribution >= 4 is 18.0 Å². The summed E-state index contributed by atoms with van der Waals surface area (Å²) in [6, 6.07) is 9.56. The molecule has 1 aliphatic heterocycles. The number of nitrogens with one attached hydrogen (secondary N) is 1. The quantitative estimate of drug-likeness (QED) is 0.812. The van der Waals surface area contributed by atoms with E-state index in [0.717, 1.165) is 5.56 Å². The van der Waals surface area contributed by atoms with E-state index in [9.17, 15) is 9.59 Å². The third-order valence-electron chi connectivity index (χ3n) is 4.22. The number of aliphatic carboxylic acids is 1. The average Bonchev–Trinajstić information content (AvgIpc) is 3.22. The third kappa shape index (κ3) is 3.68. The first-order chi connectivity index (χ1) is 11.6. The van der Waals surface area contributed by atoms with E-state index < -0.39 is 5.97 Å². The molecule has 1 aromatic heterocycles. The molecule has 0 unspecified atom stereocenters. The summed E-state index contributed by atoms with van der Waals surface area (Å²) < 4.78 is 0. The van der Waals surface area contributed by atoms with Crippen LogP contribution in [0.1, 0.15) is 23.6 Å². The van der Waals surface area contributed by atoms with Gasteiger partial charge in [-0.2, -0.15) is 15.4 Å². The zero-order valence-electron chi connectivity index (χ0n) is 13.0. The van der Waals surface area contributed by atoms with Crippen molar-refractivity contribution in [3.8, 4) is 0 Å². The minimum atomic E-state index is -0.873. The van der Waals surface area contributed by atoms with Gasteiger partial charge >= 0.3 is 5.97 Å². The number of hydrogen-bond acceptors (Lipinski definition) is 4.